The summed E-state index contributed by atoms with van der Waals surface area (Å²) in [6.45, 7) is 1.41. The van der Waals surface area contributed by atoms with E-state index in [1.807, 2.05) is 12.1 Å². The third-order valence-electron chi connectivity index (χ3n) is 4.89. The Balaban J connectivity index is 1.63. The Labute approximate surface area is 181 Å². The van der Waals surface area contributed by atoms with Gasteiger partial charge >= 0.3 is 0 Å². The predicted octanol–water partition coefficient (Wildman–Crippen LogP) is 3.99. The van der Waals surface area contributed by atoms with Gasteiger partial charge in [0.25, 0.3) is 5.91 Å². The van der Waals surface area contributed by atoms with Crippen molar-refractivity contribution in [1.29, 1.82) is 5.26 Å². The molecule has 8 heteroatoms. The van der Waals surface area contributed by atoms with E-state index in [0.717, 1.165) is 11.1 Å². The Kier molecular flexibility index (Phi) is 5.41. The molecule has 1 aliphatic rings. The van der Waals surface area contributed by atoms with Crippen molar-refractivity contribution < 1.29 is 9.90 Å². The van der Waals surface area contributed by atoms with E-state index in [4.69, 9.17) is 16.9 Å². The summed E-state index contributed by atoms with van der Waals surface area (Å²) >= 11 is 9.57. The highest BCUT2D eigenvalue weighted by Crippen LogP contribution is 2.35. The van der Waals surface area contributed by atoms with Gasteiger partial charge in [-0.15, -0.1) is 0 Å². The minimum Gasteiger partial charge on any atom is -0.392 e. The average molecular weight is 472 g/mol. The fraction of sp³-hybridized carbons (Fsp3) is 0.190. The molecule has 2 aromatic carbocycles. The number of nitriles is 1. The van der Waals surface area contributed by atoms with Crippen LogP contribution in [0.1, 0.15) is 27.2 Å². The number of fused-ring (bicyclic) bond motifs is 1. The maximum atomic E-state index is 13.0. The van der Waals surface area contributed by atoms with Crippen LogP contribution in [0.3, 0.4) is 0 Å². The molecule has 1 aromatic heterocycles. The fourth-order valence-corrected chi connectivity index (χ4v) is 4.53. The van der Waals surface area contributed by atoms with Crippen molar-refractivity contribution in [3.8, 4) is 17.3 Å². The lowest BCUT2D eigenvalue weighted by Crippen LogP contribution is -2.39. The summed E-state index contributed by atoms with van der Waals surface area (Å²) in [6, 6.07) is 14.5. The summed E-state index contributed by atoms with van der Waals surface area (Å²) < 4.78 is 2.42. The van der Waals surface area contributed by atoms with Crippen molar-refractivity contribution in [3.63, 3.8) is 0 Å². The Bertz CT molecular complexity index is 1130. The predicted molar refractivity (Wildman–Crippen MR) is 112 cm³/mol. The van der Waals surface area contributed by atoms with E-state index in [1.54, 1.807) is 39.9 Å². The van der Waals surface area contributed by atoms with Gasteiger partial charge in [-0.25, -0.2) is 0 Å². The highest BCUT2D eigenvalue weighted by molar-refractivity contribution is 9.10. The minimum absolute atomic E-state index is 0.102. The smallest absolute Gasteiger partial charge is 0.272 e. The molecule has 0 atom stereocenters. The van der Waals surface area contributed by atoms with E-state index in [0.29, 0.717) is 51.6 Å². The summed E-state index contributed by atoms with van der Waals surface area (Å²) in [6.07, 6.45) is 0. The molecule has 0 aliphatic carbocycles. The first-order valence-corrected chi connectivity index (χ1v) is 10.1. The molecule has 0 radical (unpaired) electrons. The van der Waals surface area contributed by atoms with Crippen molar-refractivity contribution in [2.24, 2.45) is 0 Å². The zero-order valence-electron chi connectivity index (χ0n) is 15.3. The summed E-state index contributed by atoms with van der Waals surface area (Å²) in [5, 5.41) is 23.7. The second-order valence-corrected chi connectivity index (χ2v) is 8.04. The zero-order chi connectivity index (χ0) is 20.5. The number of nitrogens with zero attached hydrogens (tertiary/aromatic N) is 4. The Morgan fingerprint density at radius 3 is 2.66 bits per heavy atom. The zero-order valence-corrected chi connectivity index (χ0v) is 17.6. The molecule has 29 heavy (non-hydrogen) atoms. The van der Waals surface area contributed by atoms with Gasteiger partial charge in [0, 0.05) is 28.1 Å². The van der Waals surface area contributed by atoms with Crippen LogP contribution < -0.4 is 0 Å². The number of carbonyl (C=O) groups is 1. The normalized spacial score (nSPS) is 13.3. The molecule has 6 nitrogen and oxygen atoms in total. The molecule has 0 unspecified atom stereocenters. The molecule has 146 valence electrons. The lowest BCUT2D eigenvalue weighted by atomic mass is 10.0. The molecule has 0 fully saturated rings. The number of benzene rings is 2. The van der Waals surface area contributed by atoms with Crippen LogP contribution in [0.15, 0.2) is 46.9 Å². The Morgan fingerprint density at radius 1 is 1.21 bits per heavy atom. The van der Waals surface area contributed by atoms with Crippen LogP contribution in [-0.2, 0) is 19.7 Å². The molecule has 2 heterocycles. The van der Waals surface area contributed by atoms with Gasteiger partial charge in [-0.3, -0.25) is 9.48 Å². The van der Waals surface area contributed by atoms with Crippen LogP contribution in [-0.4, -0.2) is 32.2 Å². The molecule has 1 amide bonds. The molecule has 0 bridgehead atoms. The molecule has 3 aromatic rings. The van der Waals surface area contributed by atoms with E-state index in [-0.39, 0.29) is 12.5 Å². The number of amides is 1. The van der Waals surface area contributed by atoms with Gasteiger partial charge in [0.05, 0.1) is 30.5 Å². The van der Waals surface area contributed by atoms with Gasteiger partial charge in [-0.05, 0) is 41.5 Å². The third kappa shape index (κ3) is 3.79. The van der Waals surface area contributed by atoms with Gasteiger partial charge < -0.3 is 10.0 Å². The molecule has 1 aliphatic heterocycles. The summed E-state index contributed by atoms with van der Waals surface area (Å²) in [7, 11) is 0. The number of rotatable bonds is 4. The summed E-state index contributed by atoms with van der Waals surface area (Å²) in [4.78, 5) is 14.8. The maximum Gasteiger partial charge on any atom is 0.272 e. The van der Waals surface area contributed by atoms with Gasteiger partial charge in [-0.2, -0.15) is 10.4 Å². The monoisotopic (exact) mass is 470 g/mol. The molecule has 4 rings (SSSR count). The first-order chi connectivity index (χ1) is 14.0. The number of hydrogen-bond donors (Lipinski definition) is 1. The van der Waals surface area contributed by atoms with E-state index >= 15 is 0 Å². The van der Waals surface area contributed by atoms with Gasteiger partial charge in [0.2, 0.25) is 0 Å². The molecule has 0 spiro atoms. The van der Waals surface area contributed by atoms with Crippen LogP contribution in [0.5, 0.6) is 0 Å². The first kappa shape index (κ1) is 19.6. The topological polar surface area (TPSA) is 82.2 Å². The van der Waals surface area contributed by atoms with Crippen molar-refractivity contribution >= 4 is 33.4 Å². The van der Waals surface area contributed by atoms with Crippen LogP contribution in [0, 0.1) is 11.3 Å². The van der Waals surface area contributed by atoms with E-state index in [2.05, 4.69) is 27.1 Å². The van der Waals surface area contributed by atoms with E-state index < -0.39 is 0 Å². The lowest BCUT2D eigenvalue weighted by molar-refractivity contribution is 0.0683. The number of aliphatic hydroxyl groups excluding tert-OH is 1. The molecule has 1 N–H and O–H groups in total. The minimum atomic E-state index is -0.185. The van der Waals surface area contributed by atoms with E-state index in [1.165, 1.54) is 0 Å². The first-order valence-electron chi connectivity index (χ1n) is 8.95. The van der Waals surface area contributed by atoms with Crippen molar-refractivity contribution in [3.05, 3.63) is 74.3 Å². The molecular formula is C21H16BrClN4O2. The summed E-state index contributed by atoms with van der Waals surface area (Å²) in [5.41, 5.74) is 4.04. The fourth-order valence-electron chi connectivity index (χ4n) is 3.45. The van der Waals surface area contributed by atoms with Crippen LogP contribution >= 0.6 is 27.5 Å². The van der Waals surface area contributed by atoms with Gasteiger partial charge in [-0.1, -0.05) is 39.7 Å². The number of hydrogen-bond acceptors (Lipinski definition) is 4. The Hall–Kier alpha value is -2.66. The van der Waals surface area contributed by atoms with Crippen LogP contribution in [0.25, 0.3) is 11.3 Å². The molecule has 0 saturated heterocycles. The second kappa shape index (κ2) is 7.99. The van der Waals surface area contributed by atoms with Gasteiger partial charge in [0.1, 0.15) is 5.69 Å². The van der Waals surface area contributed by atoms with E-state index in [9.17, 15) is 9.90 Å². The van der Waals surface area contributed by atoms with Crippen molar-refractivity contribution in [1.82, 2.24) is 14.7 Å². The standard InChI is InChI=1S/C21H16BrClN4O2/c22-17-8-16(23)7-15(12-28)20(17)18-9-19-21(29)26(5-6-27(19)25-18)11-14-3-1-13(10-24)2-4-14/h1-4,7-9,28H,5-6,11-12H2. The van der Waals surface area contributed by atoms with Crippen molar-refractivity contribution in [2.75, 3.05) is 6.54 Å². The summed E-state index contributed by atoms with van der Waals surface area (Å²) in [5.74, 6) is -0.102. The van der Waals surface area contributed by atoms with Crippen LogP contribution in [0.4, 0.5) is 0 Å². The highest BCUT2D eigenvalue weighted by atomic mass is 79.9. The van der Waals surface area contributed by atoms with Gasteiger partial charge in [0.15, 0.2) is 0 Å². The highest BCUT2D eigenvalue weighted by Gasteiger charge is 2.27. The maximum absolute atomic E-state index is 13.0. The number of carbonyl (C=O) groups excluding carboxylic acids is 1. The molecular weight excluding hydrogens is 456 g/mol. The lowest BCUT2D eigenvalue weighted by Gasteiger charge is -2.27. The average Bonchev–Trinajstić information content (AvgIpc) is 3.14. The number of aromatic nitrogens is 2. The molecule has 0 saturated carbocycles. The quantitative estimate of drug-likeness (QED) is 0.624. The number of halogens is 2. The largest absolute Gasteiger partial charge is 0.392 e. The SMILES string of the molecule is N#Cc1ccc(CN2CCn3nc(-c4c(Br)cc(Cl)cc4CO)cc3C2=O)cc1. The third-order valence-corrected chi connectivity index (χ3v) is 5.73. The van der Waals surface area contributed by atoms with Crippen molar-refractivity contribution in [2.45, 2.75) is 19.7 Å². The van der Waals surface area contributed by atoms with Crippen LogP contribution in [0.2, 0.25) is 5.02 Å². The Morgan fingerprint density at radius 2 is 1.97 bits per heavy atom. The second-order valence-electron chi connectivity index (χ2n) is 6.75. The number of aliphatic hydroxyl groups is 1.